The Kier molecular flexibility index (Phi) is 10.2. The highest BCUT2D eigenvalue weighted by atomic mass is 19.1. The standard InChI is InChI=1S/C22H33F2N3O3/c1-16(2)30-14-4-10-26-22(29)17-8-12-27(13-9-17)15-21(28)25-11-7-18-19(23)5-3-6-20(18)24/h3,5-6,16-17H,4,7-15H2,1-2H3,(H,25,28)(H,26,29). The number of amides is 2. The predicted molar refractivity (Wildman–Crippen MR) is 111 cm³/mol. The van der Waals surface area contributed by atoms with Crippen molar-refractivity contribution in [2.75, 3.05) is 39.3 Å². The summed E-state index contributed by atoms with van der Waals surface area (Å²) in [7, 11) is 0. The lowest BCUT2D eigenvalue weighted by Gasteiger charge is -2.30. The highest BCUT2D eigenvalue weighted by Crippen LogP contribution is 2.17. The number of benzene rings is 1. The van der Waals surface area contributed by atoms with Gasteiger partial charge in [-0.05, 0) is 64.8 Å². The summed E-state index contributed by atoms with van der Waals surface area (Å²) in [6.07, 6.45) is 2.52. The molecule has 30 heavy (non-hydrogen) atoms. The van der Waals surface area contributed by atoms with Gasteiger partial charge >= 0.3 is 0 Å². The maximum Gasteiger partial charge on any atom is 0.234 e. The van der Waals surface area contributed by atoms with E-state index in [0.29, 0.717) is 39.1 Å². The molecule has 0 atom stereocenters. The number of likely N-dealkylation sites (tertiary alicyclic amines) is 1. The van der Waals surface area contributed by atoms with Crippen LogP contribution in [0.25, 0.3) is 0 Å². The molecule has 8 heteroatoms. The molecule has 0 saturated carbocycles. The van der Waals surface area contributed by atoms with Crippen molar-refractivity contribution in [3.8, 4) is 0 Å². The molecule has 0 aromatic heterocycles. The van der Waals surface area contributed by atoms with Crippen LogP contribution in [-0.2, 0) is 20.7 Å². The Labute approximate surface area is 177 Å². The summed E-state index contributed by atoms with van der Waals surface area (Å²) >= 11 is 0. The van der Waals surface area contributed by atoms with E-state index in [4.69, 9.17) is 4.74 Å². The maximum atomic E-state index is 13.6. The van der Waals surface area contributed by atoms with E-state index in [0.717, 1.165) is 6.42 Å². The fourth-order valence-corrected chi connectivity index (χ4v) is 3.46. The zero-order valence-corrected chi connectivity index (χ0v) is 17.9. The summed E-state index contributed by atoms with van der Waals surface area (Å²) < 4.78 is 32.6. The smallest absolute Gasteiger partial charge is 0.234 e. The molecule has 0 aliphatic carbocycles. The van der Waals surface area contributed by atoms with Gasteiger partial charge in [0.2, 0.25) is 11.8 Å². The van der Waals surface area contributed by atoms with Gasteiger partial charge in [-0.3, -0.25) is 14.5 Å². The second-order valence-electron chi connectivity index (χ2n) is 7.91. The molecule has 1 fully saturated rings. The second-order valence-corrected chi connectivity index (χ2v) is 7.91. The Morgan fingerprint density at radius 1 is 1.13 bits per heavy atom. The van der Waals surface area contributed by atoms with Crippen molar-refractivity contribution >= 4 is 11.8 Å². The molecule has 2 amide bonds. The van der Waals surface area contributed by atoms with Crippen molar-refractivity contribution in [2.45, 2.75) is 45.6 Å². The van der Waals surface area contributed by atoms with Crippen molar-refractivity contribution in [3.05, 3.63) is 35.4 Å². The lowest BCUT2D eigenvalue weighted by Crippen LogP contribution is -2.44. The SMILES string of the molecule is CC(C)OCCCNC(=O)C1CCN(CC(=O)NCCc2c(F)cccc2F)CC1. The van der Waals surface area contributed by atoms with E-state index >= 15 is 0 Å². The number of carbonyl (C=O) groups excluding carboxylic acids is 2. The van der Waals surface area contributed by atoms with Crippen LogP contribution in [0.1, 0.15) is 38.7 Å². The summed E-state index contributed by atoms with van der Waals surface area (Å²) in [5.74, 6) is -1.34. The van der Waals surface area contributed by atoms with Gasteiger partial charge in [0.15, 0.2) is 0 Å². The number of carbonyl (C=O) groups is 2. The van der Waals surface area contributed by atoms with Crippen LogP contribution < -0.4 is 10.6 Å². The first-order valence-electron chi connectivity index (χ1n) is 10.7. The maximum absolute atomic E-state index is 13.6. The monoisotopic (exact) mass is 425 g/mol. The first kappa shape index (κ1) is 24.2. The topological polar surface area (TPSA) is 70.7 Å². The minimum absolute atomic E-state index is 0.0135. The number of ether oxygens (including phenoxy) is 1. The molecule has 168 valence electrons. The highest BCUT2D eigenvalue weighted by Gasteiger charge is 2.25. The van der Waals surface area contributed by atoms with E-state index in [1.54, 1.807) is 0 Å². The summed E-state index contributed by atoms with van der Waals surface area (Å²) in [6.45, 7) is 6.95. The molecular formula is C22H33F2N3O3. The van der Waals surface area contributed by atoms with Gasteiger partial charge in [-0.2, -0.15) is 0 Å². The number of rotatable bonds is 11. The van der Waals surface area contributed by atoms with E-state index in [1.807, 2.05) is 18.7 Å². The first-order valence-corrected chi connectivity index (χ1v) is 10.7. The Bertz CT molecular complexity index is 672. The predicted octanol–water partition coefficient (Wildman–Crippen LogP) is 2.27. The quantitative estimate of drug-likeness (QED) is 0.534. The zero-order valence-electron chi connectivity index (χ0n) is 17.9. The summed E-state index contributed by atoms with van der Waals surface area (Å²) in [4.78, 5) is 26.3. The van der Waals surface area contributed by atoms with Crippen molar-refractivity contribution in [1.29, 1.82) is 0 Å². The minimum Gasteiger partial charge on any atom is -0.379 e. The molecule has 1 aromatic carbocycles. The third-order valence-electron chi connectivity index (χ3n) is 5.16. The molecule has 6 nitrogen and oxygen atoms in total. The number of hydrogen-bond acceptors (Lipinski definition) is 4. The number of nitrogens with zero attached hydrogens (tertiary/aromatic N) is 1. The van der Waals surface area contributed by atoms with Gasteiger partial charge in [0.1, 0.15) is 11.6 Å². The van der Waals surface area contributed by atoms with Crippen LogP contribution in [0.2, 0.25) is 0 Å². The van der Waals surface area contributed by atoms with E-state index in [9.17, 15) is 18.4 Å². The number of nitrogens with one attached hydrogen (secondary N) is 2. The van der Waals surface area contributed by atoms with E-state index in [2.05, 4.69) is 10.6 Å². The molecular weight excluding hydrogens is 392 g/mol. The van der Waals surface area contributed by atoms with Gasteiger partial charge in [0, 0.05) is 31.2 Å². The minimum atomic E-state index is -0.600. The average Bonchev–Trinajstić information content (AvgIpc) is 2.70. The Hall–Kier alpha value is -2.06. The van der Waals surface area contributed by atoms with Crippen molar-refractivity contribution in [2.24, 2.45) is 5.92 Å². The van der Waals surface area contributed by atoms with Crippen LogP contribution in [0.4, 0.5) is 8.78 Å². The van der Waals surface area contributed by atoms with E-state index < -0.39 is 11.6 Å². The van der Waals surface area contributed by atoms with Crippen LogP contribution in [0.15, 0.2) is 18.2 Å². The van der Waals surface area contributed by atoms with Crippen LogP contribution in [0.3, 0.4) is 0 Å². The summed E-state index contributed by atoms with van der Waals surface area (Å²) in [5.41, 5.74) is -0.0135. The fraction of sp³-hybridized carbons (Fsp3) is 0.636. The molecule has 1 aliphatic heterocycles. The molecule has 2 rings (SSSR count). The summed E-state index contributed by atoms with van der Waals surface area (Å²) in [6, 6.07) is 3.73. The largest absolute Gasteiger partial charge is 0.379 e. The van der Waals surface area contributed by atoms with Crippen LogP contribution >= 0.6 is 0 Å². The zero-order chi connectivity index (χ0) is 21.9. The first-order chi connectivity index (χ1) is 14.4. The van der Waals surface area contributed by atoms with Crippen molar-refractivity contribution < 1.29 is 23.1 Å². The Morgan fingerprint density at radius 3 is 2.43 bits per heavy atom. The fourth-order valence-electron chi connectivity index (χ4n) is 3.46. The summed E-state index contributed by atoms with van der Waals surface area (Å²) in [5, 5.41) is 5.67. The third-order valence-corrected chi connectivity index (χ3v) is 5.16. The Morgan fingerprint density at radius 2 is 1.80 bits per heavy atom. The number of hydrogen-bond donors (Lipinski definition) is 2. The number of piperidine rings is 1. The molecule has 1 heterocycles. The van der Waals surface area contributed by atoms with Gasteiger partial charge in [0.25, 0.3) is 0 Å². The van der Waals surface area contributed by atoms with Crippen molar-refractivity contribution in [3.63, 3.8) is 0 Å². The molecule has 1 aliphatic rings. The molecule has 1 saturated heterocycles. The van der Waals surface area contributed by atoms with E-state index in [1.165, 1.54) is 18.2 Å². The lowest BCUT2D eigenvalue weighted by molar-refractivity contribution is -0.126. The third kappa shape index (κ3) is 8.36. The van der Waals surface area contributed by atoms with Crippen LogP contribution in [-0.4, -0.2) is 62.1 Å². The molecule has 0 bridgehead atoms. The molecule has 0 unspecified atom stereocenters. The van der Waals surface area contributed by atoms with Gasteiger partial charge in [-0.15, -0.1) is 0 Å². The molecule has 1 aromatic rings. The second kappa shape index (κ2) is 12.6. The van der Waals surface area contributed by atoms with Gasteiger partial charge in [0.05, 0.1) is 12.6 Å². The van der Waals surface area contributed by atoms with Gasteiger partial charge in [-0.1, -0.05) is 6.07 Å². The Balaban J connectivity index is 1.60. The van der Waals surface area contributed by atoms with Crippen molar-refractivity contribution in [1.82, 2.24) is 15.5 Å². The van der Waals surface area contributed by atoms with Gasteiger partial charge in [-0.25, -0.2) is 8.78 Å². The number of halogens is 2. The van der Waals surface area contributed by atoms with Crippen LogP contribution in [0.5, 0.6) is 0 Å². The highest BCUT2D eigenvalue weighted by molar-refractivity contribution is 5.79. The van der Waals surface area contributed by atoms with Gasteiger partial charge < -0.3 is 15.4 Å². The molecule has 0 spiro atoms. The van der Waals surface area contributed by atoms with E-state index in [-0.39, 0.29) is 48.9 Å². The molecule has 0 radical (unpaired) electrons. The average molecular weight is 426 g/mol. The van der Waals surface area contributed by atoms with Crippen LogP contribution in [0, 0.1) is 17.6 Å². The molecule has 2 N–H and O–H groups in total. The lowest BCUT2D eigenvalue weighted by atomic mass is 9.96. The normalized spacial score (nSPS) is 15.4.